The molecule has 2 fully saturated rings. The summed E-state index contributed by atoms with van der Waals surface area (Å²) in [6, 6.07) is -0.984. The Morgan fingerprint density at radius 3 is 2.89 bits per heavy atom. The van der Waals surface area contributed by atoms with Gasteiger partial charge in [0, 0.05) is 23.8 Å². The van der Waals surface area contributed by atoms with Gasteiger partial charge in [0.25, 0.3) is 12.8 Å². The van der Waals surface area contributed by atoms with Gasteiger partial charge in [-0.25, -0.2) is 4.39 Å². The molecule has 1 aromatic rings. The van der Waals surface area contributed by atoms with Crippen molar-refractivity contribution in [1.82, 2.24) is 19.6 Å². The van der Waals surface area contributed by atoms with Crippen LogP contribution in [0.15, 0.2) is 5.16 Å². The number of β-lactam (4-membered cyclic amide) rings is 1. The maximum atomic E-state index is 12.5. The van der Waals surface area contributed by atoms with E-state index < -0.39 is 47.2 Å². The SMILES string of the molecule is Nc1nc(C(=NOCF)C(=O)NC2C(=O)N3CC(C=O)(C(=O)O)CS[C@H]23)ns1. The van der Waals surface area contributed by atoms with Gasteiger partial charge in [0.1, 0.15) is 23.1 Å². The molecule has 3 rings (SSSR count). The zero-order valence-electron chi connectivity index (χ0n) is 13.9. The summed E-state index contributed by atoms with van der Waals surface area (Å²) in [6.07, 6.45) is 0.315. The molecule has 12 nitrogen and oxygen atoms in total. The van der Waals surface area contributed by atoms with Crippen LogP contribution in [0.3, 0.4) is 0 Å². The molecule has 3 heterocycles. The van der Waals surface area contributed by atoms with E-state index in [1.165, 1.54) is 4.90 Å². The second kappa shape index (κ2) is 7.67. The number of anilines is 1. The molecule has 0 aromatic carbocycles. The van der Waals surface area contributed by atoms with Crippen LogP contribution < -0.4 is 11.1 Å². The zero-order chi connectivity index (χ0) is 20.5. The summed E-state index contributed by atoms with van der Waals surface area (Å²) in [5.74, 6) is -3.02. The van der Waals surface area contributed by atoms with E-state index in [2.05, 4.69) is 24.7 Å². The maximum absolute atomic E-state index is 12.5. The topological polar surface area (TPSA) is 177 Å². The highest BCUT2D eigenvalue weighted by Crippen LogP contribution is 2.41. The van der Waals surface area contributed by atoms with E-state index in [1.54, 1.807) is 0 Å². The molecule has 0 radical (unpaired) electrons. The standard InChI is InChI=1S/C13H13FN6O6S2/c14-4-26-18-5(7-17-12(15)28-19-7)8(22)16-6-9(23)20-1-13(2-21,11(24)25)3-27-10(6)20/h2,6,10H,1,3-4H2,(H,16,22)(H,24,25)(H2,15,17,19)/t6?,10-,13?/m1/s1. The third-order valence-electron chi connectivity index (χ3n) is 4.12. The van der Waals surface area contributed by atoms with Gasteiger partial charge >= 0.3 is 5.97 Å². The summed E-state index contributed by atoms with van der Waals surface area (Å²) in [5.41, 5.74) is 3.31. The van der Waals surface area contributed by atoms with Crippen LogP contribution in [0.25, 0.3) is 0 Å². The molecule has 28 heavy (non-hydrogen) atoms. The average Bonchev–Trinajstić information content (AvgIpc) is 3.11. The number of hydrogen-bond donors (Lipinski definition) is 3. The van der Waals surface area contributed by atoms with Gasteiger partial charge in [-0.3, -0.25) is 14.4 Å². The minimum absolute atomic E-state index is 0.0448. The number of carboxylic acid groups (broad SMARTS) is 1. The lowest BCUT2D eigenvalue weighted by Crippen LogP contribution is -2.74. The van der Waals surface area contributed by atoms with E-state index in [-0.39, 0.29) is 23.3 Å². The van der Waals surface area contributed by atoms with Gasteiger partial charge in [-0.1, -0.05) is 5.16 Å². The van der Waals surface area contributed by atoms with Gasteiger partial charge in [0.2, 0.25) is 17.4 Å². The number of aldehydes is 1. The summed E-state index contributed by atoms with van der Waals surface area (Å²) >= 11 is 1.84. The number of aromatic nitrogens is 2. The minimum atomic E-state index is -1.69. The Balaban J connectivity index is 1.72. The summed E-state index contributed by atoms with van der Waals surface area (Å²) in [4.78, 5) is 56.6. The third kappa shape index (κ3) is 3.37. The molecule has 2 amide bonds. The highest BCUT2D eigenvalue weighted by molar-refractivity contribution is 8.00. The second-order valence-electron chi connectivity index (χ2n) is 5.83. The fourth-order valence-electron chi connectivity index (χ4n) is 2.66. The molecule has 0 bridgehead atoms. The number of halogens is 1. The van der Waals surface area contributed by atoms with E-state index in [9.17, 15) is 28.7 Å². The predicted octanol–water partition coefficient (Wildman–Crippen LogP) is -1.56. The fourth-order valence-corrected chi connectivity index (χ4v) is 4.58. The number of alkyl halides is 1. The van der Waals surface area contributed by atoms with Gasteiger partial charge in [-0.2, -0.15) is 9.36 Å². The Kier molecular flexibility index (Phi) is 5.46. The number of nitrogens with two attached hydrogens (primary N) is 1. The molecular weight excluding hydrogens is 419 g/mol. The number of fused-ring (bicyclic) bond motifs is 1. The number of aliphatic carboxylic acids is 1. The van der Waals surface area contributed by atoms with Gasteiger partial charge < -0.3 is 30.7 Å². The van der Waals surface area contributed by atoms with Crippen molar-refractivity contribution in [2.45, 2.75) is 11.4 Å². The lowest BCUT2D eigenvalue weighted by Gasteiger charge is -2.52. The summed E-state index contributed by atoms with van der Waals surface area (Å²) in [7, 11) is 0. The van der Waals surface area contributed by atoms with E-state index in [0.29, 0.717) is 6.29 Å². The number of nitrogens with one attached hydrogen (secondary N) is 1. The Bertz CT molecular complexity index is 864. The molecule has 0 aliphatic carbocycles. The monoisotopic (exact) mass is 432 g/mol. The molecule has 3 atom stereocenters. The second-order valence-corrected chi connectivity index (χ2v) is 7.72. The first-order valence-electron chi connectivity index (χ1n) is 7.61. The number of carboxylic acids is 1. The van der Waals surface area contributed by atoms with Crippen molar-refractivity contribution in [3.8, 4) is 0 Å². The number of nitrogens with zero attached hydrogens (tertiary/aromatic N) is 4. The lowest BCUT2D eigenvalue weighted by atomic mass is 9.89. The molecule has 15 heteroatoms. The Hall–Kier alpha value is -2.81. The van der Waals surface area contributed by atoms with Crippen molar-refractivity contribution < 1.29 is 33.5 Å². The Morgan fingerprint density at radius 2 is 2.32 bits per heavy atom. The predicted molar refractivity (Wildman–Crippen MR) is 93.9 cm³/mol. The molecule has 150 valence electrons. The maximum Gasteiger partial charge on any atom is 0.319 e. The van der Waals surface area contributed by atoms with Crippen LogP contribution in [0.4, 0.5) is 9.52 Å². The normalized spacial score (nSPS) is 26.8. The Labute approximate surface area is 164 Å². The van der Waals surface area contributed by atoms with Gasteiger partial charge in [0.15, 0.2) is 5.13 Å². The quantitative estimate of drug-likeness (QED) is 0.150. The third-order valence-corrected chi connectivity index (χ3v) is 6.21. The van der Waals surface area contributed by atoms with Crippen molar-refractivity contribution in [1.29, 1.82) is 0 Å². The number of oxime groups is 1. The van der Waals surface area contributed by atoms with Gasteiger partial charge in [0.05, 0.1) is 0 Å². The van der Waals surface area contributed by atoms with Crippen LogP contribution in [-0.2, 0) is 24.0 Å². The number of carbonyl (C=O) groups excluding carboxylic acids is 3. The first-order valence-corrected chi connectivity index (χ1v) is 9.43. The van der Waals surface area contributed by atoms with E-state index >= 15 is 0 Å². The molecule has 2 aliphatic rings. The number of amides is 2. The molecule has 2 aliphatic heterocycles. The van der Waals surface area contributed by atoms with E-state index in [4.69, 9.17) is 5.73 Å². The van der Waals surface area contributed by atoms with Crippen LogP contribution >= 0.6 is 23.3 Å². The molecule has 2 saturated heterocycles. The van der Waals surface area contributed by atoms with Crippen LogP contribution in [0.2, 0.25) is 0 Å². The molecule has 4 N–H and O–H groups in total. The average molecular weight is 432 g/mol. The first kappa shape index (κ1) is 19.9. The minimum Gasteiger partial charge on any atom is -0.480 e. The molecule has 2 unspecified atom stereocenters. The number of rotatable bonds is 7. The summed E-state index contributed by atoms with van der Waals surface area (Å²) in [5, 5.41) is 14.5. The number of carbonyl (C=O) groups is 4. The highest BCUT2D eigenvalue weighted by atomic mass is 32.2. The Morgan fingerprint density at radius 1 is 1.57 bits per heavy atom. The van der Waals surface area contributed by atoms with Crippen molar-refractivity contribution >= 4 is 58.2 Å². The molecular formula is C13H13FN6O6S2. The number of nitrogen functional groups attached to an aromatic ring is 1. The first-order chi connectivity index (χ1) is 13.3. The highest BCUT2D eigenvalue weighted by Gasteiger charge is 2.57. The lowest BCUT2D eigenvalue weighted by molar-refractivity contribution is -0.159. The molecule has 0 spiro atoms. The van der Waals surface area contributed by atoms with Gasteiger partial charge in [-0.15, -0.1) is 11.8 Å². The van der Waals surface area contributed by atoms with Crippen molar-refractivity contribution in [2.75, 3.05) is 24.9 Å². The van der Waals surface area contributed by atoms with Crippen molar-refractivity contribution in [2.24, 2.45) is 10.6 Å². The zero-order valence-corrected chi connectivity index (χ0v) is 15.5. The summed E-state index contributed by atoms with van der Waals surface area (Å²) in [6.45, 7) is -1.58. The number of thioether (sulfide) groups is 1. The van der Waals surface area contributed by atoms with E-state index in [1.807, 2.05) is 0 Å². The molecule has 1 aromatic heterocycles. The van der Waals surface area contributed by atoms with Crippen LogP contribution in [0.5, 0.6) is 0 Å². The smallest absolute Gasteiger partial charge is 0.319 e. The van der Waals surface area contributed by atoms with Crippen LogP contribution in [0, 0.1) is 5.41 Å². The number of hydrogen-bond acceptors (Lipinski definition) is 11. The van der Waals surface area contributed by atoms with Gasteiger partial charge in [-0.05, 0) is 0 Å². The fraction of sp³-hybridized carbons (Fsp3) is 0.462. The summed E-state index contributed by atoms with van der Waals surface area (Å²) < 4.78 is 16.1. The van der Waals surface area contributed by atoms with Crippen molar-refractivity contribution in [3.63, 3.8) is 0 Å². The largest absolute Gasteiger partial charge is 0.480 e. The van der Waals surface area contributed by atoms with Crippen LogP contribution in [-0.4, -0.2) is 79.7 Å². The molecule has 0 saturated carbocycles. The van der Waals surface area contributed by atoms with Crippen molar-refractivity contribution in [3.05, 3.63) is 5.82 Å². The van der Waals surface area contributed by atoms with Crippen LogP contribution in [0.1, 0.15) is 5.82 Å². The van der Waals surface area contributed by atoms with E-state index in [0.717, 1.165) is 23.3 Å².